The average Bonchev–Trinajstić information content (AvgIpc) is 3.10. The maximum absolute atomic E-state index is 15.1. The van der Waals surface area contributed by atoms with E-state index >= 15 is 4.39 Å². The molecule has 2 amide bonds. The predicted molar refractivity (Wildman–Crippen MR) is 129 cm³/mol. The van der Waals surface area contributed by atoms with Gasteiger partial charge in [-0.25, -0.2) is 14.3 Å². The number of fused-ring (bicyclic) bond motifs is 4. The molecule has 1 fully saturated rings. The lowest BCUT2D eigenvalue weighted by Gasteiger charge is -2.35. The van der Waals surface area contributed by atoms with E-state index < -0.39 is 11.8 Å². The van der Waals surface area contributed by atoms with Crippen LogP contribution in [0.2, 0.25) is 5.02 Å². The minimum absolute atomic E-state index is 0.0304. The first-order valence-electron chi connectivity index (χ1n) is 11.2. The Hall–Kier alpha value is -3.23. The van der Waals surface area contributed by atoms with Gasteiger partial charge in [-0.15, -0.1) is 0 Å². The Balaban J connectivity index is 1.39. The molecule has 2 bridgehead atoms. The molecule has 1 saturated heterocycles. The molecule has 3 heterocycles. The molecule has 1 aromatic heterocycles. The van der Waals surface area contributed by atoms with Crippen molar-refractivity contribution in [3.8, 4) is 11.1 Å². The Bertz CT molecular complexity index is 1320. The molecule has 34 heavy (non-hydrogen) atoms. The second-order valence-corrected chi connectivity index (χ2v) is 9.59. The van der Waals surface area contributed by atoms with Crippen LogP contribution in [0, 0.1) is 5.82 Å². The topological polar surface area (TPSA) is 81.3 Å². The number of hydrogen-bond acceptors (Lipinski definition) is 4. The molecule has 0 unspecified atom stereocenters. The van der Waals surface area contributed by atoms with Crippen molar-refractivity contribution in [2.24, 2.45) is 0 Å². The number of nitrogens with one attached hydrogen (secondary N) is 2. The van der Waals surface area contributed by atoms with E-state index in [4.69, 9.17) is 11.6 Å². The first kappa shape index (κ1) is 22.6. The molecular formula is C25H25ClFN5O2. The highest BCUT2D eigenvalue weighted by Crippen LogP contribution is 2.42. The molecule has 3 aromatic rings. The third-order valence-corrected chi connectivity index (χ3v) is 6.78. The normalized spacial score (nSPS) is 18.8. The van der Waals surface area contributed by atoms with Gasteiger partial charge in [-0.2, -0.15) is 5.10 Å². The van der Waals surface area contributed by atoms with Gasteiger partial charge in [0.15, 0.2) is 0 Å². The predicted octanol–water partition coefficient (Wildman–Crippen LogP) is 4.58. The lowest BCUT2D eigenvalue weighted by molar-refractivity contribution is 0.177. The summed E-state index contributed by atoms with van der Waals surface area (Å²) in [5.74, 6) is -0.557. The largest absolute Gasteiger partial charge is 0.322 e. The number of aromatic amines is 1. The molecule has 0 saturated carbocycles. The molecule has 0 radical (unpaired) electrons. The number of amides is 2. The van der Waals surface area contributed by atoms with E-state index in [-0.39, 0.29) is 23.3 Å². The summed E-state index contributed by atoms with van der Waals surface area (Å²) < 4.78 is 15.1. The van der Waals surface area contributed by atoms with E-state index in [9.17, 15) is 9.59 Å². The lowest BCUT2D eigenvalue weighted by Crippen LogP contribution is -2.45. The second-order valence-electron chi connectivity index (χ2n) is 9.18. The number of anilines is 1. The van der Waals surface area contributed by atoms with Crippen LogP contribution in [-0.2, 0) is 13.0 Å². The summed E-state index contributed by atoms with van der Waals surface area (Å²) in [5, 5.41) is 9.69. The fraction of sp³-hybridized carbons (Fsp3) is 0.320. The standard InChI is InChI=1S/C25H25ClFN5O2/c1-31(2)13-14-4-3-5-15(8-14)18-11-20(27)21(12-19(18)26)28-25(34)32-17-6-7-22(32)24-16(9-17)10-23(33)29-30-24/h3-5,8,10-12,17,22H,6-7,9,13H2,1-2H3,(H,28,34)(H,29,33)/t17-,22+/m0/s1. The van der Waals surface area contributed by atoms with Crippen molar-refractivity contribution < 1.29 is 9.18 Å². The van der Waals surface area contributed by atoms with Crippen LogP contribution in [0.15, 0.2) is 47.3 Å². The highest BCUT2D eigenvalue weighted by molar-refractivity contribution is 6.33. The number of rotatable bonds is 4. The molecule has 0 spiro atoms. The van der Waals surface area contributed by atoms with Crippen LogP contribution in [0.5, 0.6) is 0 Å². The van der Waals surface area contributed by atoms with Gasteiger partial charge in [0.25, 0.3) is 5.56 Å². The van der Waals surface area contributed by atoms with Crippen LogP contribution >= 0.6 is 11.6 Å². The minimum Gasteiger partial charge on any atom is -0.313 e. The van der Waals surface area contributed by atoms with Gasteiger partial charge in [-0.05, 0) is 68.2 Å². The summed E-state index contributed by atoms with van der Waals surface area (Å²) in [6.45, 7) is 0.756. The van der Waals surface area contributed by atoms with Gasteiger partial charge in [-0.3, -0.25) is 4.79 Å². The number of aromatic nitrogens is 2. The number of carbonyl (C=O) groups excluding carboxylic acids is 1. The quantitative estimate of drug-likeness (QED) is 0.571. The van der Waals surface area contributed by atoms with Crippen molar-refractivity contribution in [2.45, 2.75) is 37.9 Å². The van der Waals surface area contributed by atoms with E-state index in [0.29, 0.717) is 22.7 Å². The number of urea groups is 1. The van der Waals surface area contributed by atoms with Crippen LogP contribution in [0.3, 0.4) is 0 Å². The average molecular weight is 482 g/mol. The van der Waals surface area contributed by atoms with E-state index in [0.717, 1.165) is 36.1 Å². The lowest BCUT2D eigenvalue weighted by atomic mass is 9.99. The Morgan fingerprint density at radius 2 is 2.09 bits per heavy atom. The van der Waals surface area contributed by atoms with Gasteiger partial charge in [0, 0.05) is 24.2 Å². The molecule has 176 valence electrons. The van der Waals surface area contributed by atoms with Crippen molar-refractivity contribution in [3.05, 3.63) is 80.5 Å². The third-order valence-electron chi connectivity index (χ3n) is 6.46. The van der Waals surface area contributed by atoms with Crippen LogP contribution in [0.25, 0.3) is 11.1 Å². The summed E-state index contributed by atoms with van der Waals surface area (Å²) in [5.41, 5.74) is 3.82. The summed E-state index contributed by atoms with van der Waals surface area (Å²) in [6.07, 6.45) is 2.10. The van der Waals surface area contributed by atoms with Gasteiger partial charge in [-0.1, -0.05) is 29.8 Å². The maximum atomic E-state index is 15.1. The van der Waals surface area contributed by atoms with Crippen LogP contribution < -0.4 is 10.9 Å². The Morgan fingerprint density at radius 1 is 1.26 bits per heavy atom. The summed E-state index contributed by atoms with van der Waals surface area (Å²) >= 11 is 6.53. The smallest absolute Gasteiger partial charge is 0.313 e. The number of H-pyrrole nitrogens is 1. The molecule has 2 atom stereocenters. The molecule has 9 heteroatoms. The fourth-order valence-electron chi connectivity index (χ4n) is 5.06. The van der Waals surface area contributed by atoms with E-state index in [1.54, 1.807) is 11.0 Å². The molecule has 2 N–H and O–H groups in total. The van der Waals surface area contributed by atoms with E-state index in [1.807, 2.05) is 38.4 Å². The van der Waals surface area contributed by atoms with E-state index in [2.05, 4.69) is 20.4 Å². The first-order chi connectivity index (χ1) is 16.3. The van der Waals surface area contributed by atoms with Gasteiger partial charge in [0.05, 0.1) is 22.4 Å². The van der Waals surface area contributed by atoms with Crippen molar-refractivity contribution >= 4 is 23.3 Å². The monoisotopic (exact) mass is 481 g/mol. The number of carbonyl (C=O) groups is 1. The Labute approximate surface area is 201 Å². The molecule has 2 aromatic carbocycles. The van der Waals surface area contributed by atoms with Crippen LogP contribution in [0.1, 0.15) is 35.7 Å². The molecular weight excluding hydrogens is 457 g/mol. The van der Waals surface area contributed by atoms with E-state index in [1.165, 1.54) is 12.1 Å². The number of hydrogen-bond donors (Lipinski definition) is 2. The molecule has 0 aliphatic carbocycles. The maximum Gasteiger partial charge on any atom is 0.322 e. The molecule has 5 rings (SSSR count). The fourth-order valence-corrected chi connectivity index (χ4v) is 5.34. The Morgan fingerprint density at radius 3 is 2.88 bits per heavy atom. The number of halogens is 2. The second kappa shape index (κ2) is 8.85. The van der Waals surface area contributed by atoms with Gasteiger partial charge in [0.2, 0.25) is 0 Å². The number of benzene rings is 2. The summed E-state index contributed by atoms with van der Waals surface area (Å²) in [7, 11) is 3.97. The Kier molecular flexibility index (Phi) is 5.87. The first-order valence-corrected chi connectivity index (χ1v) is 11.6. The molecule has 2 aliphatic heterocycles. The summed E-state index contributed by atoms with van der Waals surface area (Å²) in [6, 6.07) is 11.5. The van der Waals surface area contributed by atoms with Crippen molar-refractivity contribution in [3.63, 3.8) is 0 Å². The van der Waals surface area contributed by atoms with Crippen LogP contribution in [0.4, 0.5) is 14.9 Å². The minimum atomic E-state index is -0.557. The summed E-state index contributed by atoms with van der Waals surface area (Å²) in [4.78, 5) is 28.6. The highest BCUT2D eigenvalue weighted by Gasteiger charge is 2.44. The van der Waals surface area contributed by atoms with Gasteiger partial charge < -0.3 is 15.1 Å². The zero-order valence-electron chi connectivity index (χ0n) is 18.9. The number of nitrogens with zero attached hydrogens (tertiary/aromatic N) is 3. The van der Waals surface area contributed by atoms with Crippen LogP contribution in [-0.4, -0.2) is 46.2 Å². The van der Waals surface area contributed by atoms with Crippen molar-refractivity contribution in [2.75, 3.05) is 19.4 Å². The molecule has 2 aliphatic rings. The van der Waals surface area contributed by atoms with Crippen molar-refractivity contribution in [1.82, 2.24) is 20.0 Å². The van der Waals surface area contributed by atoms with Crippen molar-refractivity contribution in [1.29, 1.82) is 0 Å². The third kappa shape index (κ3) is 4.19. The van der Waals surface area contributed by atoms with Gasteiger partial charge in [0.1, 0.15) is 5.82 Å². The van der Waals surface area contributed by atoms with Gasteiger partial charge >= 0.3 is 6.03 Å². The zero-order chi connectivity index (χ0) is 24.0. The highest BCUT2D eigenvalue weighted by atomic mass is 35.5. The zero-order valence-corrected chi connectivity index (χ0v) is 19.7. The SMILES string of the molecule is CN(C)Cc1cccc(-c2cc(F)c(NC(=O)N3[C@H]4CC[C@@H]3c3n[nH]c(=O)cc3C4)cc2Cl)c1. The molecule has 7 nitrogen and oxygen atoms in total.